The van der Waals surface area contributed by atoms with Gasteiger partial charge in [0.1, 0.15) is 10.8 Å². The topological polar surface area (TPSA) is 67.3 Å². The van der Waals surface area contributed by atoms with Crippen LogP contribution in [0.5, 0.6) is 0 Å². The van der Waals surface area contributed by atoms with Crippen molar-refractivity contribution in [3.63, 3.8) is 0 Å². The summed E-state index contributed by atoms with van der Waals surface area (Å²) in [6, 6.07) is 15.9. The van der Waals surface area contributed by atoms with Gasteiger partial charge in [0.15, 0.2) is 9.84 Å². The molecule has 0 N–H and O–H groups in total. The number of aromatic nitrogens is 1. The molecule has 0 saturated heterocycles. The van der Waals surface area contributed by atoms with Crippen molar-refractivity contribution in [3.05, 3.63) is 76.3 Å². The van der Waals surface area contributed by atoms with E-state index in [1.165, 1.54) is 16.9 Å². The van der Waals surface area contributed by atoms with Crippen LogP contribution in [0.4, 0.5) is 0 Å². The molecule has 1 aliphatic heterocycles. The molecule has 0 aliphatic carbocycles. The van der Waals surface area contributed by atoms with Gasteiger partial charge in [-0.1, -0.05) is 54.1 Å². The minimum absolute atomic E-state index is 0.217. The molecule has 0 atom stereocenters. The average Bonchev–Trinajstić information content (AvgIpc) is 3.15. The zero-order chi connectivity index (χ0) is 20.4. The van der Waals surface area contributed by atoms with E-state index < -0.39 is 15.6 Å². The van der Waals surface area contributed by atoms with E-state index in [1.807, 2.05) is 49.4 Å². The maximum absolute atomic E-state index is 12.6. The lowest BCUT2D eigenvalue weighted by molar-refractivity contribution is -0.129. The Balaban J connectivity index is 1.41. The minimum atomic E-state index is -3.58. The molecule has 0 fully saturated rings. The maximum Gasteiger partial charge on any atom is 0.238 e. The molecule has 0 radical (unpaired) electrons. The van der Waals surface area contributed by atoms with Gasteiger partial charge in [0.25, 0.3) is 0 Å². The third-order valence-electron chi connectivity index (χ3n) is 5.04. The predicted octanol–water partition coefficient (Wildman–Crippen LogP) is 3.62. The molecule has 150 valence electrons. The number of carbonyl (C=O) groups excluding carboxylic acids is 1. The quantitative estimate of drug-likeness (QED) is 0.625. The normalized spacial score (nSPS) is 13.9. The van der Waals surface area contributed by atoms with Gasteiger partial charge in [-0.15, -0.1) is 11.3 Å². The Kier molecular flexibility index (Phi) is 5.52. The Morgan fingerprint density at radius 2 is 1.83 bits per heavy atom. The average molecular weight is 427 g/mol. The van der Waals surface area contributed by atoms with Crippen molar-refractivity contribution in [3.8, 4) is 10.6 Å². The van der Waals surface area contributed by atoms with E-state index in [0.717, 1.165) is 28.1 Å². The van der Waals surface area contributed by atoms with Gasteiger partial charge in [-0.3, -0.25) is 4.79 Å². The number of amides is 1. The Hall–Kier alpha value is -2.51. The summed E-state index contributed by atoms with van der Waals surface area (Å²) in [6.45, 7) is 3.04. The van der Waals surface area contributed by atoms with Crippen LogP contribution in [0.25, 0.3) is 10.6 Å². The molecule has 29 heavy (non-hydrogen) atoms. The molecule has 4 rings (SSSR count). The molecule has 0 unspecified atom stereocenters. The molecule has 2 aromatic carbocycles. The third-order valence-corrected chi connectivity index (χ3v) is 7.41. The van der Waals surface area contributed by atoms with Gasteiger partial charge in [0, 0.05) is 24.0 Å². The molecule has 1 aliphatic rings. The molecule has 0 spiro atoms. The number of benzene rings is 2. The van der Waals surface area contributed by atoms with E-state index in [9.17, 15) is 13.2 Å². The Bertz CT molecular complexity index is 1130. The summed E-state index contributed by atoms with van der Waals surface area (Å²) in [5.74, 6) is -1.04. The van der Waals surface area contributed by atoms with Crippen LogP contribution in [0.2, 0.25) is 0 Å². The van der Waals surface area contributed by atoms with Gasteiger partial charge in [-0.05, 0) is 24.5 Å². The first-order valence-electron chi connectivity index (χ1n) is 9.46. The van der Waals surface area contributed by atoms with Gasteiger partial charge in [-0.25, -0.2) is 13.4 Å². The number of sulfone groups is 1. The van der Waals surface area contributed by atoms with Crippen LogP contribution in [-0.4, -0.2) is 36.5 Å². The largest absolute Gasteiger partial charge is 0.337 e. The second-order valence-electron chi connectivity index (χ2n) is 7.38. The number of aryl methyl sites for hydroxylation is 1. The molecule has 3 aromatic rings. The lowest BCUT2D eigenvalue weighted by atomic mass is 10.00. The molecule has 7 heteroatoms. The van der Waals surface area contributed by atoms with Crippen molar-refractivity contribution in [1.82, 2.24) is 9.88 Å². The van der Waals surface area contributed by atoms with Crippen molar-refractivity contribution >= 4 is 27.1 Å². The van der Waals surface area contributed by atoms with Gasteiger partial charge >= 0.3 is 0 Å². The summed E-state index contributed by atoms with van der Waals surface area (Å²) in [5.41, 5.74) is 4.93. The van der Waals surface area contributed by atoms with Crippen LogP contribution in [0.15, 0.2) is 53.9 Å². The SMILES string of the molecule is Cc1ccc(-c2nc(CS(=O)(=O)CC(=O)N3CCc4ccccc4C3)cs2)cc1. The van der Waals surface area contributed by atoms with Crippen LogP contribution in [0.1, 0.15) is 22.4 Å². The molecule has 2 heterocycles. The van der Waals surface area contributed by atoms with E-state index >= 15 is 0 Å². The summed E-state index contributed by atoms with van der Waals surface area (Å²) in [4.78, 5) is 18.7. The monoisotopic (exact) mass is 426 g/mol. The highest BCUT2D eigenvalue weighted by atomic mass is 32.2. The number of rotatable bonds is 5. The second kappa shape index (κ2) is 8.08. The van der Waals surface area contributed by atoms with Crippen molar-refractivity contribution in [2.45, 2.75) is 25.6 Å². The van der Waals surface area contributed by atoms with Crippen LogP contribution >= 0.6 is 11.3 Å². The first kappa shape index (κ1) is 19.8. The molecule has 0 saturated carbocycles. The minimum Gasteiger partial charge on any atom is -0.337 e. The highest BCUT2D eigenvalue weighted by Gasteiger charge is 2.26. The standard InChI is InChI=1S/C22H22N2O3S2/c1-16-6-8-18(9-7-16)22-23-20(13-28-22)14-29(26,27)15-21(25)24-11-10-17-4-2-3-5-19(17)12-24/h2-9,13H,10-12,14-15H2,1H3. The van der Waals surface area contributed by atoms with Crippen LogP contribution in [0.3, 0.4) is 0 Å². The van der Waals surface area contributed by atoms with Gasteiger partial charge in [0.05, 0.1) is 11.4 Å². The van der Waals surface area contributed by atoms with Crippen molar-refractivity contribution in [2.24, 2.45) is 0 Å². The maximum atomic E-state index is 12.6. The Morgan fingerprint density at radius 1 is 1.10 bits per heavy atom. The summed E-state index contributed by atoms with van der Waals surface area (Å²) >= 11 is 1.42. The number of thiazole rings is 1. The molecule has 1 amide bonds. The van der Waals surface area contributed by atoms with Gasteiger partial charge < -0.3 is 4.90 Å². The molecular formula is C22H22N2O3S2. The Morgan fingerprint density at radius 3 is 2.59 bits per heavy atom. The smallest absolute Gasteiger partial charge is 0.238 e. The number of fused-ring (bicyclic) bond motifs is 1. The zero-order valence-electron chi connectivity index (χ0n) is 16.2. The van der Waals surface area contributed by atoms with E-state index in [2.05, 4.69) is 11.1 Å². The highest BCUT2D eigenvalue weighted by molar-refractivity contribution is 7.91. The second-order valence-corrected chi connectivity index (χ2v) is 10.3. The Labute approximate surface area is 175 Å². The molecular weight excluding hydrogens is 404 g/mol. The zero-order valence-corrected chi connectivity index (χ0v) is 17.8. The van der Waals surface area contributed by atoms with Crippen LogP contribution < -0.4 is 0 Å². The fourth-order valence-electron chi connectivity index (χ4n) is 3.47. The van der Waals surface area contributed by atoms with Crippen LogP contribution in [0, 0.1) is 6.92 Å². The summed E-state index contributed by atoms with van der Waals surface area (Å²) in [6.07, 6.45) is 0.758. The van der Waals surface area contributed by atoms with Crippen molar-refractivity contribution in [1.29, 1.82) is 0 Å². The number of nitrogens with zero attached hydrogens (tertiary/aromatic N) is 2. The highest BCUT2D eigenvalue weighted by Crippen LogP contribution is 2.25. The molecule has 1 aromatic heterocycles. The van der Waals surface area contributed by atoms with Crippen LogP contribution in [-0.2, 0) is 33.4 Å². The van der Waals surface area contributed by atoms with Crippen molar-refractivity contribution < 1.29 is 13.2 Å². The summed E-state index contributed by atoms with van der Waals surface area (Å²) in [5, 5.41) is 2.54. The molecule has 5 nitrogen and oxygen atoms in total. The number of hydrogen-bond acceptors (Lipinski definition) is 5. The first-order valence-corrected chi connectivity index (χ1v) is 12.2. The third kappa shape index (κ3) is 4.74. The van der Waals surface area contributed by atoms with E-state index in [0.29, 0.717) is 18.8 Å². The number of hydrogen-bond donors (Lipinski definition) is 0. The van der Waals surface area contributed by atoms with E-state index in [1.54, 1.807) is 10.3 Å². The lowest BCUT2D eigenvalue weighted by Crippen LogP contribution is -2.39. The van der Waals surface area contributed by atoms with Crippen molar-refractivity contribution in [2.75, 3.05) is 12.3 Å². The summed E-state index contributed by atoms with van der Waals surface area (Å²) < 4.78 is 25.2. The van der Waals surface area contributed by atoms with E-state index in [4.69, 9.17) is 0 Å². The lowest BCUT2D eigenvalue weighted by Gasteiger charge is -2.28. The molecule has 0 bridgehead atoms. The van der Waals surface area contributed by atoms with Gasteiger partial charge in [-0.2, -0.15) is 0 Å². The first-order chi connectivity index (χ1) is 13.9. The summed E-state index contributed by atoms with van der Waals surface area (Å²) in [7, 11) is -3.58. The predicted molar refractivity (Wildman–Crippen MR) is 115 cm³/mol. The fourth-order valence-corrected chi connectivity index (χ4v) is 5.66. The number of carbonyl (C=O) groups is 1. The van der Waals surface area contributed by atoms with Gasteiger partial charge in [0.2, 0.25) is 5.91 Å². The fraction of sp³-hybridized carbons (Fsp3) is 0.273. The van der Waals surface area contributed by atoms with E-state index in [-0.39, 0.29) is 11.7 Å².